The zero-order valence-corrected chi connectivity index (χ0v) is 14.0. The third-order valence-corrected chi connectivity index (χ3v) is 4.35. The zero-order valence-electron chi connectivity index (χ0n) is 14.0. The van der Waals surface area contributed by atoms with Crippen LogP contribution in [0.5, 0.6) is 0 Å². The van der Waals surface area contributed by atoms with Crippen LogP contribution < -0.4 is 11.2 Å². The molecular weight excluding hydrogens is 368 g/mol. The van der Waals surface area contributed by atoms with E-state index >= 15 is 0 Å². The summed E-state index contributed by atoms with van der Waals surface area (Å²) < 4.78 is 57.1. The highest BCUT2D eigenvalue weighted by Crippen LogP contribution is 2.30. The molecule has 0 aliphatic heterocycles. The second-order valence-electron chi connectivity index (χ2n) is 5.97. The smallest absolute Gasteiger partial charge is 0.341 e. The molecule has 0 atom stereocenters. The number of nitrogens with two attached hydrogens (primary N) is 1. The van der Waals surface area contributed by atoms with Crippen molar-refractivity contribution in [3.05, 3.63) is 68.5 Å². The summed E-state index contributed by atoms with van der Waals surface area (Å²) in [5.41, 5.74) is 1.72. The lowest BCUT2D eigenvalue weighted by molar-refractivity contribution is 0.0695. The molecule has 3 N–H and O–H groups in total. The average Bonchev–Trinajstić information content (AvgIpc) is 2.60. The van der Waals surface area contributed by atoms with Gasteiger partial charge in [-0.3, -0.25) is 4.79 Å². The highest BCUT2D eigenvalue weighted by molar-refractivity contribution is 5.95. The Morgan fingerprint density at radius 1 is 1.04 bits per heavy atom. The summed E-state index contributed by atoms with van der Waals surface area (Å²) in [6, 6.07) is 1.34. The first-order valence-corrected chi connectivity index (χ1v) is 7.58. The van der Waals surface area contributed by atoms with Crippen LogP contribution >= 0.6 is 0 Å². The third-order valence-electron chi connectivity index (χ3n) is 4.35. The highest BCUT2D eigenvalue weighted by Gasteiger charge is 2.24. The van der Waals surface area contributed by atoms with Gasteiger partial charge >= 0.3 is 5.97 Å². The lowest BCUT2D eigenvalue weighted by Crippen LogP contribution is -2.21. The first-order valence-electron chi connectivity index (χ1n) is 7.58. The van der Waals surface area contributed by atoms with Gasteiger partial charge in [0.05, 0.1) is 22.3 Å². The van der Waals surface area contributed by atoms with Crippen molar-refractivity contribution in [1.29, 1.82) is 0 Å². The molecule has 1 aromatic heterocycles. The molecule has 0 unspecified atom stereocenters. The summed E-state index contributed by atoms with van der Waals surface area (Å²) in [4.78, 5) is 24.0. The van der Waals surface area contributed by atoms with Crippen molar-refractivity contribution in [3.63, 3.8) is 0 Å². The van der Waals surface area contributed by atoms with E-state index < -0.39 is 62.6 Å². The van der Waals surface area contributed by atoms with E-state index in [0.29, 0.717) is 6.07 Å². The maximum absolute atomic E-state index is 14.4. The maximum atomic E-state index is 14.4. The van der Waals surface area contributed by atoms with E-state index in [1.165, 1.54) is 0 Å². The number of halogens is 4. The number of rotatable bonds is 2. The Hall–Kier alpha value is -3.36. The van der Waals surface area contributed by atoms with Crippen molar-refractivity contribution in [2.24, 2.45) is 0 Å². The van der Waals surface area contributed by atoms with Crippen LogP contribution in [0, 0.1) is 37.1 Å². The summed E-state index contributed by atoms with van der Waals surface area (Å²) >= 11 is 0. The third kappa shape index (κ3) is 2.62. The van der Waals surface area contributed by atoms with Gasteiger partial charge in [0.25, 0.3) is 0 Å². The molecule has 3 aromatic rings. The molecular formula is C18H12F4N2O3. The lowest BCUT2D eigenvalue weighted by Gasteiger charge is -2.18. The summed E-state index contributed by atoms with van der Waals surface area (Å²) in [6.45, 7) is 2.26. The quantitative estimate of drug-likeness (QED) is 0.527. The molecule has 0 bridgehead atoms. The number of carboxylic acids is 1. The molecule has 2 aromatic carbocycles. The van der Waals surface area contributed by atoms with Gasteiger partial charge in [-0.05, 0) is 19.9 Å². The van der Waals surface area contributed by atoms with Crippen LogP contribution in [0.25, 0.3) is 16.6 Å². The minimum atomic E-state index is -1.65. The number of carbonyl (C=O) groups is 1. The molecule has 27 heavy (non-hydrogen) atoms. The van der Waals surface area contributed by atoms with Gasteiger partial charge < -0.3 is 15.4 Å². The Morgan fingerprint density at radius 2 is 1.63 bits per heavy atom. The fourth-order valence-corrected chi connectivity index (χ4v) is 2.95. The topological polar surface area (TPSA) is 85.3 Å². The van der Waals surface area contributed by atoms with Gasteiger partial charge in [0.15, 0.2) is 11.6 Å². The van der Waals surface area contributed by atoms with Crippen molar-refractivity contribution in [2.45, 2.75) is 13.8 Å². The monoisotopic (exact) mass is 380 g/mol. The molecule has 9 heteroatoms. The van der Waals surface area contributed by atoms with Crippen molar-refractivity contribution in [3.8, 4) is 5.69 Å². The number of hydrogen-bond donors (Lipinski definition) is 2. The van der Waals surface area contributed by atoms with Gasteiger partial charge in [0.1, 0.15) is 17.2 Å². The first kappa shape index (κ1) is 18.4. The Kier molecular flexibility index (Phi) is 4.17. The van der Waals surface area contributed by atoms with Crippen molar-refractivity contribution < 1.29 is 27.5 Å². The second-order valence-corrected chi connectivity index (χ2v) is 5.97. The van der Waals surface area contributed by atoms with E-state index in [1.54, 1.807) is 0 Å². The van der Waals surface area contributed by atoms with E-state index in [0.717, 1.165) is 30.7 Å². The van der Waals surface area contributed by atoms with E-state index in [4.69, 9.17) is 5.73 Å². The number of pyridine rings is 1. The minimum absolute atomic E-state index is 0.244. The molecule has 0 radical (unpaired) electrons. The fraction of sp³-hybridized carbons (Fsp3) is 0.111. The van der Waals surface area contributed by atoms with Crippen molar-refractivity contribution >= 4 is 22.6 Å². The van der Waals surface area contributed by atoms with E-state index in [-0.39, 0.29) is 11.1 Å². The van der Waals surface area contributed by atoms with Crippen LogP contribution in [0.1, 0.15) is 21.5 Å². The van der Waals surface area contributed by atoms with E-state index in [2.05, 4.69) is 0 Å². The molecule has 1 heterocycles. The van der Waals surface area contributed by atoms with Crippen LogP contribution in [0.3, 0.4) is 0 Å². The molecule has 0 aliphatic carbocycles. The normalized spacial score (nSPS) is 11.2. The minimum Gasteiger partial charge on any atom is -0.477 e. The van der Waals surface area contributed by atoms with Crippen molar-refractivity contribution in [1.82, 2.24) is 4.57 Å². The predicted octanol–water partition coefficient (Wildman–Crippen LogP) is 3.44. The van der Waals surface area contributed by atoms with Crippen LogP contribution in [-0.4, -0.2) is 15.6 Å². The molecule has 3 rings (SSSR count). The number of nitrogen functional groups attached to an aromatic ring is 1. The van der Waals surface area contributed by atoms with Gasteiger partial charge in [-0.15, -0.1) is 0 Å². The lowest BCUT2D eigenvalue weighted by atomic mass is 10.0. The molecule has 0 amide bonds. The SMILES string of the molecule is Cc1c(F)c(F)c(C)c2c1c(=O)c(C(=O)O)cn2-c1cc(N)c(F)cc1F. The average molecular weight is 380 g/mol. The number of anilines is 1. The van der Waals surface area contributed by atoms with Crippen LogP contribution in [-0.2, 0) is 0 Å². The first-order chi connectivity index (χ1) is 12.6. The van der Waals surface area contributed by atoms with Crippen LogP contribution in [0.2, 0.25) is 0 Å². The number of aromatic carboxylic acids is 1. The largest absolute Gasteiger partial charge is 0.477 e. The zero-order chi connectivity index (χ0) is 20.2. The number of fused-ring (bicyclic) bond motifs is 1. The molecule has 0 saturated carbocycles. The fourth-order valence-electron chi connectivity index (χ4n) is 2.95. The second kappa shape index (κ2) is 6.11. The number of aryl methyl sites for hydroxylation is 2. The Labute approximate surface area is 149 Å². The highest BCUT2D eigenvalue weighted by atomic mass is 19.2. The Morgan fingerprint density at radius 3 is 2.22 bits per heavy atom. The standard InChI is InChI=1S/C18H12F4N2O3/c1-6-13-16(7(2)15(22)14(6)21)24(5-8(17(13)25)18(26)27)12-4-11(23)9(19)3-10(12)20/h3-5H,23H2,1-2H3,(H,26,27). The summed E-state index contributed by atoms with van der Waals surface area (Å²) in [6.07, 6.45) is 0.770. The van der Waals surface area contributed by atoms with Gasteiger partial charge in [-0.25, -0.2) is 22.4 Å². The molecule has 0 aliphatic rings. The molecule has 0 spiro atoms. The molecule has 0 fully saturated rings. The number of hydrogen-bond acceptors (Lipinski definition) is 3. The molecule has 140 valence electrons. The van der Waals surface area contributed by atoms with E-state index in [9.17, 15) is 32.3 Å². The maximum Gasteiger partial charge on any atom is 0.341 e. The van der Waals surface area contributed by atoms with Crippen LogP contribution in [0.15, 0.2) is 23.1 Å². The van der Waals surface area contributed by atoms with Gasteiger partial charge in [-0.2, -0.15) is 0 Å². The number of aromatic nitrogens is 1. The van der Waals surface area contributed by atoms with Gasteiger partial charge in [-0.1, -0.05) is 0 Å². The van der Waals surface area contributed by atoms with Crippen molar-refractivity contribution in [2.75, 3.05) is 5.73 Å². The number of nitrogens with zero attached hydrogens (tertiary/aromatic N) is 1. The number of carboxylic acid groups (broad SMARTS) is 1. The summed E-state index contributed by atoms with van der Waals surface area (Å²) in [5, 5.41) is 8.87. The summed E-state index contributed by atoms with van der Waals surface area (Å²) in [5.74, 6) is -6.42. The Balaban J connectivity index is 2.65. The molecule has 0 saturated heterocycles. The number of benzene rings is 2. The Bertz CT molecular complexity index is 1200. The molecule has 5 nitrogen and oxygen atoms in total. The van der Waals surface area contributed by atoms with Gasteiger partial charge in [0.2, 0.25) is 5.43 Å². The van der Waals surface area contributed by atoms with E-state index in [1.807, 2.05) is 0 Å². The van der Waals surface area contributed by atoms with Crippen LogP contribution in [0.4, 0.5) is 23.2 Å². The summed E-state index contributed by atoms with van der Waals surface area (Å²) in [7, 11) is 0. The van der Waals surface area contributed by atoms with Gasteiger partial charge in [0, 0.05) is 23.4 Å². The predicted molar refractivity (Wildman–Crippen MR) is 90.2 cm³/mol.